The van der Waals surface area contributed by atoms with Gasteiger partial charge >= 0.3 is 5.00 Å². The molecule has 1 aromatic rings. The number of nitrogens with zero attached hydrogens (tertiary/aromatic N) is 2. The average Bonchev–Trinajstić information content (AvgIpc) is 2.86. The Labute approximate surface area is 117 Å². The van der Waals surface area contributed by atoms with Crippen molar-refractivity contribution < 1.29 is 4.92 Å². The minimum Gasteiger partial charge on any atom is -0.311 e. The molecule has 6 heteroatoms. The van der Waals surface area contributed by atoms with Gasteiger partial charge in [0.1, 0.15) is 0 Å². The van der Waals surface area contributed by atoms with Crippen LogP contribution in [0.3, 0.4) is 0 Å². The quantitative estimate of drug-likeness (QED) is 0.495. The van der Waals surface area contributed by atoms with Gasteiger partial charge < -0.3 is 10.2 Å². The van der Waals surface area contributed by atoms with Gasteiger partial charge in [0.25, 0.3) is 0 Å². The van der Waals surface area contributed by atoms with Gasteiger partial charge in [-0.2, -0.15) is 0 Å². The molecule has 2 rings (SSSR count). The smallest absolute Gasteiger partial charge is 0.311 e. The van der Waals surface area contributed by atoms with E-state index in [1.807, 2.05) is 6.07 Å². The van der Waals surface area contributed by atoms with E-state index in [2.05, 4.69) is 17.1 Å². The first-order valence-corrected chi connectivity index (χ1v) is 7.63. The van der Waals surface area contributed by atoms with Crippen LogP contribution in [0.2, 0.25) is 0 Å². The fourth-order valence-corrected chi connectivity index (χ4v) is 3.08. The maximum Gasteiger partial charge on any atom is 0.324 e. The lowest BCUT2D eigenvalue weighted by molar-refractivity contribution is -0.380. The normalized spacial score (nSPS) is 17.7. The lowest BCUT2D eigenvalue weighted by Gasteiger charge is -2.30. The van der Waals surface area contributed by atoms with Crippen LogP contribution in [0.5, 0.6) is 0 Å². The summed E-state index contributed by atoms with van der Waals surface area (Å²) in [5, 5.41) is 14.1. The van der Waals surface area contributed by atoms with Gasteiger partial charge in [-0.1, -0.05) is 18.3 Å². The van der Waals surface area contributed by atoms with Crippen molar-refractivity contribution in [1.29, 1.82) is 0 Å². The second-order valence-corrected chi connectivity index (χ2v) is 6.34. The van der Waals surface area contributed by atoms with Crippen molar-refractivity contribution in [3.63, 3.8) is 0 Å². The highest BCUT2D eigenvalue weighted by molar-refractivity contribution is 7.15. The SMILES string of the molecule is CC1CCN(CCNCc2ccc([N+](=O)[O-])s2)CC1. The Bertz CT molecular complexity index is 414. The molecule has 1 saturated heterocycles. The molecule has 2 heterocycles. The second-order valence-electron chi connectivity index (χ2n) is 5.20. The van der Waals surface area contributed by atoms with Crippen LogP contribution in [0, 0.1) is 16.0 Å². The molecule has 0 atom stereocenters. The summed E-state index contributed by atoms with van der Waals surface area (Å²) in [6.45, 7) is 7.46. The number of hydrogen-bond acceptors (Lipinski definition) is 5. The summed E-state index contributed by atoms with van der Waals surface area (Å²) in [7, 11) is 0. The second kappa shape index (κ2) is 6.98. The highest BCUT2D eigenvalue weighted by Crippen LogP contribution is 2.23. The van der Waals surface area contributed by atoms with Crippen LogP contribution < -0.4 is 5.32 Å². The molecule has 0 aromatic carbocycles. The summed E-state index contributed by atoms with van der Waals surface area (Å²) in [6, 6.07) is 3.41. The van der Waals surface area contributed by atoms with Gasteiger partial charge in [0.05, 0.1) is 4.92 Å². The van der Waals surface area contributed by atoms with Crippen molar-refractivity contribution in [2.75, 3.05) is 26.2 Å². The van der Waals surface area contributed by atoms with E-state index in [1.165, 1.54) is 37.3 Å². The number of thiophene rings is 1. The zero-order valence-electron chi connectivity index (χ0n) is 11.3. The van der Waals surface area contributed by atoms with Gasteiger partial charge in [-0.25, -0.2) is 0 Å². The first-order valence-electron chi connectivity index (χ1n) is 6.81. The van der Waals surface area contributed by atoms with Crippen molar-refractivity contribution >= 4 is 16.3 Å². The van der Waals surface area contributed by atoms with Crippen LogP contribution in [-0.4, -0.2) is 36.0 Å². The molecule has 1 aromatic heterocycles. The molecule has 1 N–H and O–H groups in total. The van der Waals surface area contributed by atoms with E-state index < -0.39 is 0 Å². The number of likely N-dealkylation sites (tertiary alicyclic amines) is 1. The monoisotopic (exact) mass is 283 g/mol. The van der Waals surface area contributed by atoms with Gasteiger partial charge in [0, 0.05) is 30.6 Å². The molecule has 0 radical (unpaired) electrons. The summed E-state index contributed by atoms with van der Waals surface area (Å²) in [5.41, 5.74) is 0. The average molecular weight is 283 g/mol. The van der Waals surface area contributed by atoms with Crippen LogP contribution in [0.25, 0.3) is 0 Å². The molecule has 1 aliphatic rings. The maximum atomic E-state index is 10.6. The Hall–Kier alpha value is -0.980. The zero-order valence-corrected chi connectivity index (χ0v) is 12.1. The molecule has 19 heavy (non-hydrogen) atoms. The Kier molecular flexibility index (Phi) is 5.30. The predicted molar refractivity (Wildman–Crippen MR) is 77.5 cm³/mol. The number of rotatable bonds is 6. The van der Waals surface area contributed by atoms with Crippen LogP contribution in [0.4, 0.5) is 5.00 Å². The molecular formula is C13H21N3O2S. The number of nitrogens with one attached hydrogen (secondary N) is 1. The van der Waals surface area contributed by atoms with Gasteiger partial charge in [0.2, 0.25) is 0 Å². The Morgan fingerprint density at radius 2 is 2.21 bits per heavy atom. The minimum atomic E-state index is -0.330. The fourth-order valence-electron chi connectivity index (χ4n) is 2.29. The van der Waals surface area contributed by atoms with Crippen LogP contribution in [0.1, 0.15) is 24.6 Å². The summed E-state index contributed by atoms with van der Waals surface area (Å²) >= 11 is 1.25. The third-order valence-corrected chi connectivity index (χ3v) is 4.64. The van der Waals surface area contributed by atoms with Crippen molar-refractivity contribution in [2.45, 2.75) is 26.3 Å². The summed E-state index contributed by atoms with van der Waals surface area (Å²) in [4.78, 5) is 13.8. The van der Waals surface area contributed by atoms with Crippen LogP contribution in [-0.2, 0) is 6.54 Å². The largest absolute Gasteiger partial charge is 0.324 e. The van der Waals surface area contributed by atoms with E-state index >= 15 is 0 Å². The van der Waals surface area contributed by atoms with E-state index in [-0.39, 0.29) is 9.92 Å². The van der Waals surface area contributed by atoms with E-state index in [1.54, 1.807) is 6.07 Å². The molecule has 106 valence electrons. The van der Waals surface area contributed by atoms with Gasteiger partial charge in [0.15, 0.2) is 0 Å². The molecule has 0 aliphatic carbocycles. The highest BCUT2D eigenvalue weighted by atomic mass is 32.1. The van der Waals surface area contributed by atoms with Crippen molar-refractivity contribution in [2.24, 2.45) is 5.92 Å². The molecular weight excluding hydrogens is 262 g/mol. The molecule has 0 spiro atoms. The van der Waals surface area contributed by atoms with Crippen LogP contribution >= 0.6 is 11.3 Å². The summed E-state index contributed by atoms with van der Waals surface area (Å²) in [5.74, 6) is 0.871. The standard InChI is InChI=1S/C13H21N3O2S/c1-11-4-7-15(8-5-11)9-6-14-10-12-2-3-13(19-12)16(17)18/h2-3,11,14H,4-10H2,1H3. The van der Waals surface area contributed by atoms with Crippen molar-refractivity contribution in [3.8, 4) is 0 Å². The molecule has 0 unspecified atom stereocenters. The van der Waals surface area contributed by atoms with Crippen LogP contribution in [0.15, 0.2) is 12.1 Å². The van der Waals surface area contributed by atoms with E-state index in [9.17, 15) is 10.1 Å². The minimum absolute atomic E-state index is 0.224. The molecule has 0 saturated carbocycles. The van der Waals surface area contributed by atoms with Gasteiger partial charge in [-0.3, -0.25) is 10.1 Å². The predicted octanol–water partition coefficient (Wildman–Crippen LogP) is 2.48. The molecule has 1 aliphatic heterocycles. The number of hydrogen-bond donors (Lipinski definition) is 1. The summed E-state index contributed by atoms with van der Waals surface area (Å²) < 4.78 is 0. The Balaban J connectivity index is 1.62. The Morgan fingerprint density at radius 3 is 2.84 bits per heavy atom. The molecule has 1 fully saturated rings. The topological polar surface area (TPSA) is 58.4 Å². The van der Waals surface area contributed by atoms with E-state index in [0.717, 1.165) is 30.4 Å². The van der Waals surface area contributed by atoms with Gasteiger partial charge in [-0.15, -0.1) is 0 Å². The summed E-state index contributed by atoms with van der Waals surface area (Å²) in [6.07, 6.45) is 2.61. The third kappa shape index (κ3) is 4.56. The molecule has 0 bridgehead atoms. The highest BCUT2D eigenvalue weighted by Gasteiger charge is 2.14. The zero-order chi connectivity index (χ0) is 13.7. The van der Waals surface area contributed by atoms with Crippen molar-refractivity contribution in [3.05, 3.63) is 27.1 Å². The third-order valence-electron chi connectivity index (χ3n) is 3.61. The molecule has 0 amide bonds. The van der Waals surface area contributed by atoms with E-state index in [0.29, 0.717) is 0 Å². The first-order chi connectivity index (χ1) is 9.15. The number of nitro groups is 1. The van der Waals surface area contributed by atoms with Crippen molar-refractivity contribution in [1.82, 2.24) is 10.2 Å². The number of piperidine rings is 1. The van der Waals surface area contributed by atoms with Gasteiger partial charge in [-0.05, 0) is 37.9 Å². The lowest BCUT2D eigenvalue weighted by atomic mass is 9.99. The fraction of sp³-hybridized carbons (Fsp3) is 0.692. The maximum absolute atomic E-state index is 10.6. The lowest BCUT2D eigenvalue weighted by Crippen LogP contribution is -2.37. The molecule has 5 nitrogen and oxygen atoms in total. The van der Waals surface area contributed by atoms with E-state index in [4.69, 9.17) is 0 Å². The first kappa shape index (κ1) is 14.4. The Morgan fingerprint density at radius 1 is 1.47 bits per heavy atom.